The largest absolute Gasteiger partial charge is 0.489 e. The Hall–Kier alpha value is -2.53. The molecule has 0 fully saturated rings. The number of carbonyl (C=O) groups is 1. The number of halogens is 3. The molecule has 9 nitrogen and oxygen atoms in total. The summed E-state index contributed by atoms with van der Waals surface area (Å²) >= 11 is 14.5. The molecule has 0 bridgehead atoms. The average Bonchev–Trinajstić information content (AvgIpc) is 2.83. The van der Waals surface area contributed by atoms with Gasteiger partial charge in [0, 0.05) is 47.2 Å². The predicted molar refractivity (Wildman–Crippen MR) is 141 cm³/mol. The van der Waals surface area contributed by atoms with Gasteiger partial charge < -0.3 is 14.6 Å². The van der Waals surface area contributed by atoms with Crippen LogP contribution in [0.1, 0.15) is 27.0 Å². The number of nitro benzene ring substituents is 1. The van der Waals surface area contributed by atoms with Gasteiger partial charge in [0.05, 0.1) is 27.8 Å². The number of ether oxygens (including phenoxy) is 2. The molecule has 13 heteroatoms. The van der Waals surface area contributed by atoms with Crippen molar-refractivity contribution in [2.24, 2.45) is 0 Å². The average molecular weight is 633 g/mol. The van der Waals surface area contributed by atoms with E-state index in [4.69, 9.17) is 33.3 Å². The number of anilines is 1. The zero-order valence-corrected chi connectivity index (χ0v) is 22.1. The van der Waals surface area contributed by atoms with E-state index in [0.717, 1.165) is 7.11 Å². The van der Waals surface area contributed by atoms with Crippen LogP contribution >= 0.6 is 51.6 Å². The van der Waals surface area contributed by atoms with Crippen LogP contribution in [-0.2, 0) is 11.3 Å². The van der Waals surface area contributed by atoms with Gasteiger partial charge in [-0.05, 0) is 46.3 Å². The van der Waals surface area contributed by atoms with E-state index in [-0.39, 0.29) is 23.4 Å². The first-order valence-electron chi connectivity index (χ1n) is 9.39. The SMILES string of the molecule is COC(=O)c1ccc(C(=N)c2cc(OCc3c(Cl)cncc3Cl)ccc2NPI)cc1[N+](=O)[O-]. The fourth-order valence-corrected chi connectivity index (χ4v) is 4.65. The summed E-state index contributed by atoms with van der Waals surface area (Å²) in [6.07, 6.45) is 3.24. The van der Waals surface area contributed by atoms with Gasteiger partial charge in [0.15, 0.2) is 0 Å². The van der Waals surface area contributed by atoms with Crippen LogP contribution in [0.2, 0.25) is 10.0 Å². The molecule has 1 atom stereocenters. The molecule has 3 rings (SSSR count). The molecule has 0 spiro atoms. The van der Waals surface area contributed by atoms with Gasteiger partial charge in [-0.1, -0.05) is 29.3 Å². The van der Waals surface area contributed by atoms with Gasteiger partial charge in [0.1, 0.15) is 17.9 Å². The Morgan fingerprint density at radius 3 is 2.53 bits per heavy atom. The maximum absolute atomic E-state index is 11.9. The Morgan fingerprint density at radius 1 is 1.21 bits per heavy atom. The first kappa shape index (κ1) is 26.1. The molecule has 0 radical (unpaired) electrons. The Bertz CT molecular complexity index is 1260. The van der Waals surface area contributed by atoms with Crippen molar-refractivity contribution in [3.8, 4) is 5.75 Å². The molecule has 2 aromatic carbocycles. The van der Waals surface area contributed by atoms with Crippen LogP contribution in [0.25, 0.3) is 0 Å². The van der Waals surface area contributed by atoms with Gasteiger partial charge in [-0.15, -0.1) is 0 Å². The van der Waals surface area contributed by atoms with Crippen LogP contribution in [0.4, 0.5) is 11.4 Å². The topological polar surface area (TPSA) is 127 Å². The summed E-state index contributed by atoms with van der Waals surface area (Å²) in [5.41, 5.74) is 1.27. The molecule has 0 aliphatic rings. The molecule has 0 aliphatic carbocycles. The van der Waals surface area contributed by atoms with E-state index in [1.807, 2.05) is 0 Å². The standard InChI is InChI=1S/C21H16Cl2IN4O5P/c1-32-21(29)13-4-2-11(6-19(13)28(30)31)20(25)14-7-12(3-5-18(14)27-34-24)33-10-15-16(22)8-26-9-17(15)23/h2-9,25,27,34H,10H2,1H3. The number of nitro groups is 1. The highest BCUT2D eigenvalue weighted by molar-refractivity contribution is 14.2. The second-order valence-electron chi connectivity index (χ2n) is 6.65. The van der Waals surface area contributed by atoms with Crippen molar-refractivity contribution in [2.45, 2.75) is 6.61 Å². The van der Waals surface area contributed by atoms with Crippen molar-refractivity contribution in [1.29, 1.82) is 5.41 Å². The number of methoxy groups -OCH3 is 1. The molecule has 1 heterocycles. The zero-order chi connectivity index (χ0) is 24.8. The minimum absolute atomic E-state index is 0.00194. The van der Waals surface area contributed by atoms with Crippen LogP contribution in [0.3, 0.4) is 0 Å². The van der Waals surface area contributed by atoms with Crippen molar-refractivity contribution in [3.05, 3.63) is 91.2 Å². The first-order chi connectivity index (χ1) is 16.3. The number of nitrogens with one attached hydrogen (secondary N) is 2. The normalized spacial score (nSPS) is 10.8. The number of carbonyl (C=O) groups excluding carboxylic acids is 1. The minimum atomic E-state index is -0.831. The predicted octanol–water partition coefficient (Wildman–Crippen LogP) is 6.43. The summed E-state index contributed by atoms with van der Waals surface area (Å²) in [5, 5.41) is 24.2. The molecule has 0 amide bonds. The van der Waals surface area contributed by atoms with Crippen LogP contribution < -0.4 is 9.82 Å². The van der Waals surface area contributed by atoms with E-state index in [0.29, 0.717) is 39.0 Å². The van der Waals surface area contributed by atoms with E-state index in [1.54, 1.807) is 18.2 Å². The molecule has 34 heavy (non-hydrogen) atoms. The molecule has 1 unspecified atom stereocenters. The van der Waals surface area contributed by atoms with Crippen LogP contribution in [0.15, 0.2) is 48.8 Å². The van der Waals surface area contributed by atoms with Crippen LogP contribution in [0.5, 0.6) is 5.75 Å². The molecular weight excluding hydrogens is 617 g/mol. The van der Waals surface area contributed by atoms with E-state index >= 15 is 0 Å². The Balaban J connectivity index is 1.97. The third kappa shape index (κ3) is 5.93. The Kier molecular flexibility index (Phi) is 9.01. The molecular formula is C21H16Cl2IN4O5P. The highest BCUT2D eigenvalue weighted by atomic mass is 127. The smallest absolute Gasteiger partial charge is 0.344 e. The third-order valence-electron chi connectivity index (χ3n) is 4.67. The van der Waals surface area contributed by atoms with Gasteiger partial charge in [-0.3, -0.25) is 20.5 Å². The first-order valence-corrected chi connectivity index (χ1v) is 14.3. The number of rotatable bonds is 9. The van der Waals surface area contributed by atoms with Crippen molar-refractivity contribution in [3.63, 3.8) is 0 Å². The van der Waals surface area contributed by atoms with Crippen LogP contribution in [0, 0.1) is 15.5 Å². The summed E-state index contributed by atoms with van der Waals surface area (Å²) in [5.74, 6) is -0.395. The minimum Gasteiger partial charge on any atom is -0.489 e. The second kappa shape index (κ2) is 11.7. The number of benzene rings is 2. The molecule has 0 aliphatic heterocycles. The monoisotopic (exact) mass is 632 g/mol. The van der Waals surface area contributed by atoms with E-state index in [2.05, 4.69) is 36.8 Å². The van der Waals surface area contributed by atoms with E-state index < -0.39 is 16.6 Å². The maximum Gasteiger partial charge on any atom is 0.344 e. The summed E-state index contributed by atoms with van der Waals surface area (Å²) in [7, 11) is 1.14. The van der Waals surface area contributed by atoms with Gasteiger partial charge >= 0.3 is 5.97 Å². The van der Waals surface area contributed by atoms with E-state index in [9.17, 15) is 14.9 Å². The van der Waals surface area contributed by atoms with Crippen molar-refractivity contribution < 1.29 is 19.2 Å². The number of pyridine rings is 1. The van der Waals surface area contributed by atoms with Gasteiger partial charge in [0.25, 0.3) is 5.69 Å². The molecule has 0 saturated heterocycles. The Labute approximate surface area is 219 Å². The molecule has 176 valence electrons. The fraction of sp³-hybridized carbons (Fsp3) is 0.0952. The highest BCUT2D eigenvalue weighted by Gasteiger charge is 2.23. The van der Waals surface area contributed by atoms with Crippen molar-refractivity contribution in [2.75, 3.05) is 12.2 Å². The van der Waals surface area contributed by atoms with Gasteiger partial charge in [-0.25, -0.2) is 4.79 Å². The summed E-state index contributed by atoms with van der Waals surface area (Å²) in [4.78, 5) is 26.6. The lowest BCUT2D eigenvalue weighted by molar-refractivity contribution is -0.385. The van der Waals surface area contributed by atoms with Crippen LogP contribution in [-0.4, -0.2) is 28.7 Å². The fourth-order valence-electron chi connectivity index (χ4n) is 2.99. The van der Waals surface area contributed by atoms with E-state index in [1.165, 1.54) is 30.6 Å². The summed E-state index contributed by atoms with van der Waals surface area (Å²) < 4.78 is 10.5. The summed E-state index contributed by atoms with van der Waals surface area (Å²) in [6.45, 7) is 0.0765. The second-order valence-corrected chi connectivity index (χ2v) is 9.52. The lowest BCUT2D eigenvalue weighted by Crippen LogP contribution is -2.09. The molecule has 0 saturated carbocycles. The zero-order valence-electron chi connectivity index (χ0n) is 17.4. The van der Waals surface area contributed by atoms with Crippen molar-refractivity contribution >= 4 is 74.7 Å². The maximum atomic E-state index is 11.9. The number of hydrogen-bond acceptors (Lipinski definition) is 8. The molecule has 1 aromatic heterocycles. The lowest BCUT2D eigenvalue weighted by Gasteiger charge is -2.15. The number of aromatic nitrogens is 1. The number of esters is 1. The summed E-state index contributed by atoms with van der Waals surface area (Å²) in [6, 6.07) is 9.02. The lowest BCUT2D eigenvalue weighted by atomic mass is 9.98. The number of nitrogens with zero attached hydrogens (tertiary/aromatic N) is 2. The molecule has 3 aromatic rings. The Morgan fingerprint density at radius 2 is 1.91 bits per heavy atom. The third-order valence-corrected chi connectivity index (χ3v) is 6.49. The molecule has 2 N–H and O–H groups in total. The van der Waals surface area contributed by atoms with Gasteiger partial charge in [0.2, 0.25) is 0 Å². The number of hydrogen-bond donors (Lipinski definition) is 2. The van der Waals surface area contributed by atoms with Gasteiger partial charge in [-0.2, -0.15) is 0 Å². The quantitative estimate of drug-likeness (QED) is 0.0694. The van der Waals surface area contributed by atoms with Crippen molar-refractivity contribution in [1.82, 2.24) is 4.98 Å². The highest BCUT2D eigenvalue weighted by Crippen LogP contribution is 2.33.